The smallest absolute Gasteiger partial charge is 0.325 e. The Labute approximate surface area is 146 Å². The highest BCUT2D eigenvalue weighted by Gasteiger charge is 2.16. The van der Waals surface area contributed by atoms with Gasteiger partial charge >= 0.3 is 5.69 Å². The molecule has 1 fully saturated rings. The lowest BCUT2D eigenvalue weighted by Crippen LogP contribution is -2.36. The molecule has 0 atom stereocenters. The highest BCUT2D eigenvalue weighted by Crippen LogP contribution is 2.26. The third kappa shape index (κ3) is 3.93. The fourth-order valence-electron chi connectivity index (χ4n) is 3.03. The number of aromatic amines is 1. The van der Waals surface area contributed by atoms with Crippen LogP contribution in [0.25, 0.3) is 0 Å². The number of aromatic nitrogens is 2. The van der Waals surface area contributed by atoms with E-state index in [2.05, 4.69) is 15.2 Å². The number of para-hydroxylation sites is 2. The minimum absolute atomic E-state index is 0.106. The molecule has 1 aromatic heterocycles. The molecule has 1 aromatic carbocycles. The van der Waals surface area contributed by atoms with Gasteiger partial charge in [0.1, 0.15) is 0 Å². The molecule has 3 rings (SSSR count). The number of anilines is 2. The van der Waals surface area contributed by atoms with Crippen molar-refractivity contribution in [1.29, 1.82) is 0 Å². The summed E-state index contributed by atoms with van der Waals surface area (Å²) in [7, 11) is 0. The quantitative estimate of drug-likeness (QED) is 0.865. The SMILES string of the molecule is Cc1[nH]c(=O)n(CCC(=O)Nc2ccccc2N2CCOCC2)c1C. The molecule has 1 aliphatic heterocycles. The van der Waals surface area contributed by atoms with Gasteiger partial charge in [-0.3, -0.25) is 9.36 Å². The predicted molar refractivity (Wildman–Crippen MR) is 97.2 cm³/mol. The molecule has 25 heavy (non-hydrogen) atoms. The fourth-order valence-corrected chi connectivity index (χ4v) is 3.03. The summed E-state index contributed by atoms with van der Waals surface area (Å²) < 4.78 is 6.99. The van der Waals surface area contributed by atoms with E-state index in [1.807, 2.05) is 38.1 Å². The van der Waals surface area contributed by atoms with Gasteiger partial charge in [0.25, 0.3) is 0 Å². The third-order valence-corrected chi connectivity index (χ3v) is 4.58. The molecule has 2 aromatic rings. The van der Waals surface area contributed by atoms with Gasteiger partial charge in [0, 0.05) is 37.4 Å². The van der Waals surface area contributed by atoms with Gasteiger partial charge < -0.3 is 19.9 Å². The van der Waals surface area contributed by atoms with Crippen molar-refractivity contribution in [2.24, 2.45) is 0 Å². The van der Waals surface area contributed by atoms with Crippen molar-refractivity contribution in [1.82, 2.24) is 9.55 Å². The van der Waals surface area contributed by atoms with Crippen molar-refractivity contribution < 1.29 is 9.53 Å². The number of benzene rings is 1. The van der Waals surface area contributed by atoms with Crippen LogP contribution in [-0.4, -0.2) is 41.8 Å². The van der Waals surface area contributed by atoms with Crippen LogP contribution in [0.1, 0.15) is 17.8 Å². The number of hydrogen-bond acceptors (Lipinski definition) is 4. The Hall–Kier alpha value is -2.54. The molecule has 0 radical (unpaired) electrons. The molecule has 0 saturated carbocycles. The Bertz CT molecular complexity index is 803. The second-order valence-electron chi connectivity index (χ2n) is 6.21. The van der Waals surface area contributed by atoms with Crippen LogP contribution in [0.5, 0.6) is 0 Å². The van der Waals surface area contributed by atoms with Gasteiger partial charge in [0.05, 0.1) is 24.6 Å². The fraction of sp³-hybridized carbons (Fsp3) is 0.444. The maximum absolute atomic E-state index is 12.4. The van der Waals surface area contributed by atoms with Crippen molar-refractivity contribution in [3.63, 3.8) is 0 Å². The number of aryl methyl sites for hydroxylation is 1. The highest BCUT2D eigenvalue weighted by molar-refractivity contribution is 5.94. The van der Waals surface area contributed by atoms with E-state index in [1.165, 1.54) is 0 Å². The number of rotatable bonds is 5. The summed E-state index contributed by atoms with van der Waals surface area (Å²) in [5, 5.41) is 2.98. The zero-order valence-electron chi connectivity index (χ0n) is 14.7. The van der Waals surface area contributed by atoms with Gasteiger partial charge in [0.15, 0.2) is 0 Å². The maximum Gasteiger partial charge on any atom is 0.325 e. The number of hydrogen-bond donors (Lipinski definition) is 2. The Balaban J connectivity index is 1.66. The number of carbonyl (C=O) groups excluding carboxylic acids is 1. The Morgan fingerprint density at radius 3 is 2.64 bits per heavy atom. The molecule has 7 nitrogen and oxygen atoms in total. The molecular weight excluding hydrogens is 320 g/mol. The second-order valence-corrected chi connectivity index (χ2v) is 6.21. The van der Waals surface area contributed by atoms with E-state index in [0.29, 0.717) is 19.8 Å². The van der Waals surface area contributed by atoms with Gasteiger partial charge in [-0.15, -0.1) is 0 Å². The average Bonchev–Trinajstić information content (AvgIpc) is 2.86. The summed E-state index contributed by atoms with van der Waals surface area (Å²) in [6.45, 7) is 7.09. The summed E-state index contributed by atoms with van der Waals surface area (Å²) >= 11 is 0. The van der Waals surface area contributed by atoms with E-state index >= 15 is 0 Å². The number of nitrogens with one attached hydrogen (secondary N) is 2. The van der Waals surface area contributed by atoms with Crippen LogP contribution in [0.2, 0.25) is 0 Å². The molecule has 2 N–H and O–H groups in total. The molecule has 0 spiro atoms. The predicted octanol–water partition coefficient (Wildman–Crippen LogP) is 1.66. The number of carbonyl (C=O) groups is 1. The summed E-state index contributed by atoms with van der Waals surface area (Å²) in [5.74, 6) is -0.106. The number of H-pyrrole nitrogens is 1. The Morgan fingerprint density at radius 2 is 1.96 bits per heavy atom. The van der Waals surface area contributed by atoms with Crippen LogP contribution in [0.4, 0.5) is 11.4 Å². The molecule has 2 heterocycles. The first-order valence-electron chi connectivity index (χ1n) is 8.54. The third-order valence-electron chi connectivity index (χ3n) is 4.58. The Kier molecular flexibility index (Phi) is 5.23. The first-order chi connectivity index (χ1) is 12.1. The molecule has 0 unspecified atom stereocenters. The summed E-state index contributed by atoms with van der Waals surface area (Å²) in [5.41, 5.74) is 3.33. The summed E-state index contributed by atoms with van der Waals surface area (Å²) in [6, 6.07) is 7.78. The van der Waals surface area contributed by atoms with Gasteiger partial charge in [-0.1, -0.05) is 12.1 Å². The van der Waals surface area contributed by atoms with Crippen LogP contribution >= 0.6 is 0 Å². The van der Waals surface area contributed by atoms with Crippen molar-refractivity contribution in [3.8, 4) is 0 Å². The molecular formula is C18H24N4O3. The number of nitrogens with zero attached hydrogens (tertiary/aromatic N) is 2. The molecule has 1 saturated heterocycles. The standard InChI is InChI=1S/C18H24N4O3/c1-13-14(2)22(18(24)19-13)8-7-17(23)20-15-5-3-4-6-16(15)21-9-11-25-12-10-21/h3-6H,7-12H2,1-2H3,(H,19,24)(H,20,23). The van der Waals surface area contributed by atoms with E-state index in [-0.39, 0.29) is 18.0 Å². The minimum atomic E-state index is -0.170. The summed E-state index contributed by atoms with van der Waals surface area (Å²) in [6.07, 6.45) is 0.246. The van der Waals surface area contributed by atoms with Crippen LogP contribution in [0.15, 0.2) is 29.1 Å². The topological polar surface area (TPSA) is 79.4 Å². The van der Waals surface area contributed by atoms with Crippen molar-refractivity contribution in [2.75, 3.05) is 36.5 Å². The zero-order valence-corrected chi connectivity index (χ0v) is 14.7. The van der Waals surface area contributed by atoms with E-state index in [9.17, 15) is 9.59 Å². The van der Waals surface area contributed by atoms with Crippen molar-refractivity contribution in [2.45, 2.75) is 26.8 Å². The lowest BCUT2D eigenvalue weighted by molar-refractivity contribution is -0.116. The first kappa shape index (κ1) is 17.3. The molecule has 0 aliphatic carbocycles. The van der Waals surface area contributed by atoms with Crippen LogP contribution < -0.4 is 15.9 Å². The normalized spacial score (nSPS) is 14.6. The van der Waals surface area contributed by atoms with Gasteiger partial charge in [0.2, 0.25) is 5.91 Å². The van der Waals surface area contributed by atoms with Gasteiger partial charge in [-0.05, 0) is 26.0 Å². The largest absolute Gasteiger partial charge is 0.378 e. The number of morpholine rings is 1. The zero-order chi connectivity index (χ0) is 17.8. The average molecular weight is 344 g/mol. The molecule has 1 amide bonds. The summed E-state index contributed by atoms with van der Waals surface area (Å²) in [4.78, 5) is 29.2. The van der Waals surface area contributed by atoms with E-state index in [1.54, 1.807) is 4.57 Å². The van der Waals surface area contributed by atoms with Crippen molar-refractivity contribution >= 4 is 17.3 Å². The lowest BCUT2D eigenvalue weighted by Gasteiger charge is -2.30. The number of ether oxygens (including phenoxy) is 1. The molecule has 0 bridgehead atoms. The second kappa shape index (κ2) is 7.57. The highest BCUT2D eigenvalue weighted by atomic mass is 16.5. The lowest BCUT2D eigenvalue weighted by atomic mass is 10.2. The van der Waals surface area contributed by atoms with E-state index < -0.39 is 0 Å². The molecule has 7 heteroatoms. The molecule has 134 valence electrons. The van der Waals surface area contributed by atoms with E-state index in [4.69, 9.17) is 4.74 Å². The minimum Gasteiger partial charge on any atom is -0.378 e. The number of imidazole rings is 1. The van der Waals surface area contributed by atoms with Gasteiger partial charge in [-0.25, -0.2) is 4.79 Å². The monoisotopic (exact) mass is 344 g/mol. The van der Waals surface area contributed by atoms with Gasteiger partial charge in [-0.2, -0.15) is 0 Å². The molecule has 1 aliphatic rings. The first-order valence-corrected chi connectivity index (χ1v) is 8.54. The maximum atomic E-state index is 12.4. The van der Waals surface area contributed by atoms with Crippen molar-refractivity contribution in [3.05, 3.63) is 46.1 Å². The van der Waals surface area contributed by atoms with E-state index in [0.717, 1.165) is 35.9 Å². The Morgan fingerprint density at radius 1 is 1.24 bits per heavy atom. The van der Waals surface area contributed by atoms with Crippen LogP contribution in [0, 0.1) is 13.8 Å². The van der Waals surface area contributed by atoms with Crippen LogP contribution in [-0.2, 0) is 16.1 Å². The number of amides is 1. The van der Waals surface area contributed by atoms with Crippen LogP contribution in [0.3, 0.4) is 0 Å².